The maximum absolute atomic E-state index is 14.1. The van der Waals surface area contributed by atoms with Crippen LogP contribution < -0.4 is 5.73 Å². The average molecular weight is 276 g/mol. The van der Waals surface area contributed by atoms with E-state index in [0.29, 0.717) is 5.69 Å². The number of benzene rings is 2. The Bertz CT molecular complexity index is 780. The van der Waals surface area contributed by atoms with Crippen LogP contribution in [0.4, 0.5) is 10.3 Å². The van der Waals surface area contributed by atoms with Crippen molar-refractivity contribution in [2.24, 2.45) is 0 Å². The molecule has 0 aliphatic carbocycles. The number of aryl methyl sites for hydroxylation is 1. The summed E-state index contributed by atoms with van der Waals surface area (Å²) in [7, 11) is 0. The Morgan fingerprint density at radius 3 is 2.84 bits per heavy atom. The SMILES string of the molecule is Cc1ccc2c(c1)nc(N)n2-c1cccc(Cl)c1F. The van der Waals surface area contributed by atoms with E-state index < -0.39 is 5.82 Å². The molecule has 0 saturated heterocycles. The molecular formula is C14H11ClFN3. The van der Waals surface area contributed by atoms with Crippen LogP contribution >= 0.6 is 11.6 Å². The van der Waals surface area contributed by atoms with Crippen LogP contribution in [0.3, 0.4) is 0 Å². The van der Waals surface area contributed by atoms with E-state index in [9.17, 15) is 4.39 Å². The highest BCUT2D eigenvalue weighted by molar-refractivity contribution is 6.30. The van der Waals surface area contributed by atoms with Gasteiger partial charge in [0.1, 0.15) is 0 Å². The number of nitrogens with two attached hydrogens (primary N) is 1. The Morgan fingerprint density at radius 1 is 1.26 bits per heavy atom. The van der Waals surface area contributed by atoms with Gasteiger partial charge in [0.25, 0.3) is 0 Å². The van der Waals surface area contributed by atoms with Crippen LogP contribution in [0.2, 0.25) is 5.02 Å². The van der Waals surface area contributed by atoms with Gasteiger partial charge >= 0.3 is 0 Å². The van der Waals surface area contributed by atoms with Crippen molar-refractivity contribution >= 4 is 28.6 Å². The lowest BCUT2D eigenvalue weighted by Gasteiger charge is -2.08. The Kier molecular flexibility index (Phi) is 2.68. The van der Waals surface area contributed by atoms with Crippen molar-refractivity contribution in [2.75, 3.05) is 5.73 Å². The van der Waals surface area contributed by atoms with Crippen molar-refractivity contribution in [3.63, 3.8) is 0 Å². The van der Waals surface area contributed by atoms with Gasteiger partial charge in [-0.05, 0) is 36.8 Å². The number of rotatable bonds is 1. The van der Waals surface area contributed by atoms with Gasteiger partial charge in [0.2, 0.25) is 5.95 Å². The van der Waals surface area contributed by atoms with Gasteiger partial charge in [0.05, 0.1) is 21.7 Å². The van der Waals surface area contributed by atoms with E-state index in [2.05, 4.69) is 4.98 Å². The van der Waals surface area contributed by atoms with Crippen molar-refractivity contribution in [2.45, 2.75) is 6.92 Å². The van der Waals surface area contributed by atoms with Gasteiger partial charge < -0.3 is 5.73 Å². The van der Waals surface area contributed by atoms with E-state index in [4.69, 9.17) is 17.3 Å². The highest BCUT2D eigenvalue weighted by atomic mass is 35.5. The lowest BCUT2D eigenvalue weighted by molar-refractivity contribution is 0.620. The normalized spacial score (nSPS) is 11.1. The molecular weight excluding hydrogens is 265 g/mol. The summed E-state index contributed by atoms with van der Waals surface area (Å²) in [5.41, 5.74) is 8.76. The molecule has 1 aromatic heterocycles. The lowest BCUT2D eigenvalue weighted by atomic mass is 10.2. The number of nitrogen functional groups attached to an aromatic ring is 1. The maximum atomic E-state index is 14.1. The van der Waals surface area contributed by atoms with Gasteiger partial charge in [-0.1, -0.05) is 23.7 Å². The van der Waals surface area contributed by atoms with Crippen molar-refractivity contribution in [3.05, 3.63) is 52.8 Å². The summed E-state index contributed by atoms with van der Waals surface area (Å²) in [6.07, 6.45) is 0. The van der Waals surface area contributed by atoms with Crippen LogP contribution in [-0.4, -0.2) is 9.55 Å². The summed E-state index contributed by atoms with van der Waals surface area (Å²) in [4.78, 5) is 4.25. The van der Waals surface area contributed by atoms with Crippen LogP contribution in [0.25, 0.3) is 16.7 Å². The van der Waals surface area contributed by atoms with E-state index in [-0.39, 0.29) is 11.0 Å². The second kappa shape index (κ2) is 4.24. The van der Waals surface area contributed by atoms with Gasteiger partial charge in [0, 0.05) is 0 Å². The second-order valence-corrected chi connectivity index (χ2v) is 4.78. The largest absolute Gasteiger partial charge is 0.369 e. The molecule has 5 heteroatoms. The van der Waals surface area contributed by atoms with E-state index in [1.54, 1.807) is 16.7 Å². The average Bonchev–Trinajstić information content (AvgIpc) is 2.68. The zero-order valence-electron chi connectivity index (χ0n) is 10.2. The van der Waals surface area contributed by atoms with Crippen LogP contribution in [0.15, 0.2) is 36.4 Å². The molecule has 0 radical (unpaired) electrons. The number of imidazole rings is 1. The third-order valence-electron chi connectivity index (χ3n) is 3.01. The molecule has 2 N–H and O–H groups in total. The molecule has 0 spiro atoms. The number of fused-ring (bicyclic) bond motifs is 1. The van der Waals surface area contributed by atoms with Crippen LogP contribution in [0, 0.1) is 12.7 Å². The molecule has 3 aromatic rings. The minimum absolute atomic E-state index is 0.0610. The summed E-state index contributed by atoms with van der Waals surface area (Å²) in [5.74, 6) is -0.266. The van der Waals surface area contributed by atoms with E-state index in [0.717, 1.165) is 16.6 Å². The quantitative estimate of drug-likeness (QED) is 0.736. The van der Waals surface area contributed by atoms with E-state index in [1.165, 1.54) is 6.07 Å². The van der Waals surface area contributed by atoms with Crippen molar-refractivity contribution < 1.29 is 4.39 Å². The number of aromatic nitrogens is 2. The predicted molar refractivity (Wildman–Crippen MR) is 75.2 cm³/mol. The van der Waals surface area contributed by atoms with Crippen molar-refractivity contribution in [3.8, 4) is 5.69 Å². The fourth-order valence-electron chi connectivity index (χ4n) is 2.13. The van der Waals surface area contributed by atoms with Crippen LogP contribution in [0.5, 0.6) is 0 Å². The number of anilines is 1. The minimum Gasteiger partial charge on any atom is -0.369 e. The molecule has 0 amide bonds. The number of halogens is 2. The van der Waals surface area contributed by atoms with Crippen molar-refractivity contribution in [1.29, 1.82) is 0 Å². The third kappa shape index (κ3) is 1.85. The Hall–Kier alpha value is -2.07. The summed E-state index contributed by atoms with van der Waals surface area (Å²) >= 11 is 5.81. The molecule has 3 rings (SSSR count). The van der Waals surface area contributed by atoms with Gasteiger partial charge in [-0.3, -0.25) is 4.57 Å². The predicted octanol–water partition coefficient (Wildman–Crippen LogP) is 3.71. The molecule has 0 aliphatic heterocycles. The van der Waals surface area contributed by atoms with Crippen LogP contribution in [0.1, 0.15) is 5.56 Å². The highest BCUT2D eigenvalue weighted by Gasteiger charge is 2.15. The first kappa shape index (κ1) is 12.0. The van der Waals surface area contributed by atoms with Gasteiger partial charge in [-0.25, -0.2) is 9.37 Å². The van der Waals surface area contributed by atoms with Gasteiger partial charge in [0.15, 0.2) is 5.82 Å². The molecule has 2 aromatic carbocycles. The lowest BCUT2D eigenvalue weighted by Crippen LogP contribution is -2.03. The number of hydrogen-bond acceptors (Lipinski definition) is 2. The third-order valence-corrected chi connectivity index (χ3v) is 3.30. The smallest absolute Gasteiger partial charge is 0.206 e. The van der Waals surface area contributed by atoms with Gasteiger partial charge in [-0.2, -0.15) is 0 Å². The first-order valence-corrected chi connectivity index (χ1v) is 6.14. The van der Waals surface area contributed by atoms with Crippen molar-refractivity contribution in [1.82, 2.24) is 9.55 Å². The minimum atomic E-state index is -0.504. The Balaban J connectivity index is 2.36. The molecule has 19 heavy (non-hydrogen) atoms. The molecule has 3 nitrogen and oxygen atoms in total. The van der Waals surface area contributed by atoms with Crippen LogP contribution in [-0.2, 0) is 0 Å². The fraction of sp³-hybridized carbons (Fsp3) is 0.0714. The molecule has 0 saturated carbocycles. The summed E-state index contributed by atoms with van der Waals surface area (Å²) in [6.45, 7) is 1.97. The molecule has 0 aliphatic rings. The highest BCUT2D eigenvalue weighted by Crippen LogP contribution is 2.28. The standard InChI is InChI=1S/C14H11ClFN3/c1-8-5-6-11-10(7-8)18-14(17)19(11)12-4-2-3-9(15)13(12)16/h2-7H,1H3,(H2,17,18). The van der Waals surface area contributed by atoms with Gasteiger partial charge in [-0.15, -0.1) is 0 Å². The summed E-state index contributed by atoms with van der Waals surface area (Å²) < 4.78 is 15.7. The Morgan fingerprint density at radius 2 is 2.05 bits per heavy atom. The maximum Gasteiger partial charge on any atom is 0.206 e. The van der Waals surface area contributed by atoms with E-state index >= 15 is 0 Å². The molecule has 0 bridgehead atoms. The number of nitrogens with zero attached hydrogens (tertiary/aromatic N) is 2. The molecule has 0 fully saturated rings. The molecule has 0 unspecified atom stereocenters. The summed E-state index contributed by atoms with van der Waals surface area (Å²) in [6, 6.07) is 10.5. The fourth-order valence-corrected chi connectivity index (χ4v) is 2.30. The Labute approximate surface area is 114 Å². The first-order chi connectivity index (χ1) is 9.08. The first-order valence-electron chi connectivity index (χ1n) is 5.77. The number of hydrogen-bond donors (Lipinski definition) is 1. The second-order valence-electron chi connectivity index (χ2n) is 4.37. The zero-order valence-corrected chi connectivity index (χ0v) is 10.9. The van der Waals surface area contributed by atoms with E-state index in [1.807, 2.05) is 25.1 Å². The zero-order chi connectivity index (χ0) is 13.6. The monoisotopic (exact) mass is 275 g/mol. The summed E-state index contributed by atoms with van der Waals surface area (Å²) in [5, 5.41) is 0.0610. The molecule has 96 valence electrons. The molecule has 0 atom stereocenters. The topological polar surface area (TPSA) is 43.8 Å². The molecule has 1 heterocycles.